The van der Waals surface area contributed by atoms with Crippen LogP contribution in [-0.4, -0.2) is 28.7 Å². The minimum absolute atomic E-state index is 0.147. The molecule has 5 aromatic carbocycles. The van der Waals surface area contributed by atoms with Gasteiger partial charge in [-0.2, -0.15) is 0 Å². The first-order valence-electron chi connectivity index (χ1n) is 17.1. The number of amides is 2. The molecule has 0 aliphatic rings. The van der Waals surface area contributed by atoms with Gasteiger partial charge in [0.2, 0.25) is 5.89 Å². The molecule has 0 unspecified atom stereocenters. The van der Waals surface area contributed by atoms with Gasteiger partial charge in [0.25, 0.3) is 11.8 Å². The van der Waals surface area contributed by atoms with Gasteiger partial charge in [-0.15, -0.1) is 0 Å². The number of nitrogens with zero attached hydrogens (tertiary/aromatic N) is 1. The van der Waals surface area contributed by atoms with E-state index in [1.54, 1.807) is 48.5 Å². The molecule has 266 valence electrons. The van der Waals surface area contributed by atoms with Gasteiger partial charge in [-0.25, -0.2) is 4.98 Å². The molecule has 0 aliphatic carbocycles. The molecule has 6 aromatic rings. The molecule has 0 aliphatic heterocycles. The van der Waals surface area contributed by atoms with E-state index < -0.39 is 24.0 Å². The van der Waals surface area contributed by atoms with E-state index in [1.807, 2.05) is 103 Å². The molecule has 2 amide bonds. The van der Waals surface area contributed by atoms with Crippen molar-refractivity contribution in [3.63, 3.8) is 0 Å². The number of oxazole rings is 1. The summed E-state index contributed by atoms with van der Waals surface area (Å²) >= 11 is 0. The number of carbonyl (C=O) groups excluding carboxylic acids is 4. The molecule has 10 nitrogen and oxygen atoms in total. The number of hydrogen-bond donors (Lipinski definition) is 2. The Morgan fingerprint density at radius 3 is 1.38 bits per heavy atom. The SMILES string of the molecule is O=C(C[C@H](NC(=O)c1ccccc1)c1ccccc1)OCc1nc(-c2ccccc2)oc1COC(=O)C[C@@H](NC(=O)c1ccccc1)c1ccccc1. The van der Waals surface area contributed by atoms with Crippen molar-refractivity contribution in [2.75, 3.05) is 0 Å². The lowest BCUT2D eigenvalue weighted by Crippen LogP contribution is -2.30. The van der Waals surface area contributed by atoms with Crippen LogP contribution in [0.1, 0.15) is 68.2 Å². The van der Waals surface area contributed by atoms with E-state index in [4.69, 9.17) is 13.9 Å². The van der Waals surface area contributed by atoms with E-state index in [0.29, 0.717) is 16.7 Å². The van der Waals surface area contributed by atoms with E-state index in [0.717, 1.165) is 11.1 Å². The lowest BCUT2D eigenvalue weighted by molar-refractivity contribution is -0.147. The second-order valence-electron chi connectivity index (χ2n) is 12.1. The van der Waals surface area contributed by atoms with Crippen molar-refractivity contribution in [1.29, 1.82) is 0 Å². The third-order valence-electron chi connectivity index (χ3n) is 8.36. The van der Waals surface area contributed by atoms with Crippen molar-refractivity contribution in [1.82, 2.24) is 15.6 Å². The summed E-state index contributed by atoms with van der Waals surface area (Å²) in [5.41, 5.74) is 3.35. The summed E-state index contributed by atoms with van der Waals surface area (Å²) in [6.07, 6.45) is -0.298. The highest BCUT2D eigenvalue weighted by atomic mass is 16.5. The molecular weight excluding hydrogens is 670 g/mol. The van der Waals surface area contributed by atoms with Crippen LogP contribution >= 0.6 is 0 Å². The van der Waals surface area contributed by atoms with Gasteiger partial charge >= 0.3 is 11.9 Å². The van der Waals surface area contributed by atoms with E-state index in [1.165, 1.54) is 0 Å². The van der Waals surface area contributed by atoms with E-state index >= 15 is 0 Å². The standard InChI is InChI=1S/C43H37N3O7/c47-39(26-35(30-16-6-1-7-17-30)44-41(49)32-20-10-3-11-21-32)51-28-37-38(53-43(46-37)34-24-14-5-15-25-34)29-52-40(48)27-36(31-18-8-2-9-19-31)45-42(50)33-22-12-4-13-23-33/h1-25,35-36H,26-29H2,(H,44,49)(H,45,50)/t35-,36+/m0/s1. The van der Waals surface area contributed by atoms with Gasteiger partial charge in [-0.1, -0.05) is 115 Å². The summed E-state index contributed by atoms with van der Waals surface area (Å²) in [5.74, 6) is -1.36. The minimum atomic E-state index is -0.661. The summed E-state index contributed by atoms with van der Waals surface area (Å²) in [4.78, 5) is 57.1. The first kappa shape index (κ1) is 36.0. The van der Waals surface area contributed by atoms with Crippen molar-refractivity contribution in [3.05, 3.63) is 185 Å². The summed E-state index contributed by atoms with van der Waals surface area (Å²) in [6, 6.07) is 43.6. The average molecular weight is 708 g/mol. The van der Waals surface area contributed by atoms with Crippen molar-refractivity contribution >= 4 is 23.8 Å². The second-order valence-corrected chi connectivity index (χ2v) is 12.1. The number of nitrogens with one attached hydrogen (secondary N) is 2. The van der Waals surface area contributed by atoms with Crippen LogP contribution in [0.3, 0.4) is 0 Å². The normalized spacial score (nSPS) is 11.8. The zero-order valence-corrected chi connectivity index (χ0v) is 28.7. The molecule has 0 radical (unpaired) electrons. The van der Waals surface area contributed by atoms with Crippen LogP contribution < -0.4 is 10.6 Å². The number of ether oxygens (including phenoxy) is 2. The highest BCUT2D eigenvalue weighted by molar-refractivity contribution is 5.95. The molecule has 53 heavy (non-hydrogen) atoms. The molecular formula is C43H37N3O7. The van der Waals surface area contributed by atoms with Gasteiger partial charge in [0.1, 0.15) is 12.3 Å². The van der Waals surface area contributed by atoms with Gasteiger partial charge in [0.05, 0.1) is 24.9 Å². The molecule has 1 heterocycles. The summed E-state index contributed by atoms with van der Waals surface area (Å²) < 4.78 is 17.4. The highest BCUT2D eigenvalue weighted by Crippen LogP contribution is 2.25. The van der Waals surface area contributed by atoms with Crippen LogP contribution in [0.2, 0.25) is 0 Å². The fraction of sp³-hybridized carbons (Fsp3) is 0.140. The molecule has 1 aromatic heterocycles. The van der Waals surface area contributed by atoms with Crippen LogP contribution in [0.5, 0.6) is 0 Å². The van der Waals surface area contributed by atoms with Crippen LogP contribution in [0.25, 0.3) is 11.5 Å². The summed E-state index contributed by atoms with van der Waals surface area (Å²) in [7, 11) is 0. The molecule has 0 saturated heterocycles. The fourth-order valence-electron chi connectivity index (χ4n) is 5.60. The number of esters is 2. The molecule has 10 heteroatoms. The Morgan fingerprint density at radius 2 is 0.925 bits per heavy atom. The van der Waals surface area contributed by atoms with Crippen LogP contribution in [-0.2, 0) is 32.3 Å². The molecule has 0 bridgehead atoms. The van der Waals surface area contributed by atoms with Crippen molar-refractivity contribution < 1.29 is 33.1 Å². The van der Waals surface area contributed by atoms with Gasteiger partial charge < -0.3 is 24.5 Å². The third kappa shape index (κ3) is 10.1. The minimum Gasteiger partial charge on any atom is -0.459 e. The monoisotopic (exact) mass is 707 g/mol. The van der Waals surface area contributed by atoms with Gasteiger partial charge in [-0.3, -0.25) is 19.2 Å². The largest absolute Gasteiger partial charge is 0.459 e. The lowest BCUT2D eigenvalue weighted by Gasteiger charge is -2.19. The number of carbonyl (C=O) groups is 4. The van der Waals surface area contributed by atoms with E-state index in [2.05, 4.69) is 15.6 Å². The summed E-state index contributed by atoms with van der Waals surface area (Å²) in [6.45, 7) is -0.560. The smallest absolute Gasteiger partial charge is 0.308 e. The Bertz CT molecular complexity index is 1970. The van der Waals surface area contributed by atoms with Crippen molar-refractivity contribution in [2.45, 2.75) is 38.1 Å². The van der Waals surface area contributed by atoms with E-state index in [-0.39, 0.29) is 55.2 Å². The first-order valence-corrected chi connectivity index (χ1v) is 17.1. The fourth-order valence-corrected chi connectivity index (χ4v) is 5.60. The topological polar surface area (TPSA) is 137 Å². The molecule has 0 saturated carbocycles. The predicted octanol–water partition coefficient (Wildman–Crippen LogP) is 7.55. The van der Waals surface area contributed by atoms with Crippen molar-refractivity contribution in [3.8, 4) is 11.5 Å². The number of benzene rings is 5. The Kier molecular flexibility index (Phi) is 12.2. The maximum Gasteiger partial charge on any atom is 0.308 e. The molecule has 0 fully saturated rings. The van der Waals surface area contributed by atoms with Crippen LogP contribution in [0.4, 0.5) is 0 Å². The molecule has 2 N–H and O–H groups in total. The predicted molar refractivity (Wildman–Crippen MR) is 197 cm³/mol. The average Bonchev–Trinajstić information content (AvgIpc) is 3.63. The second kappa shape index (κ2) is 17.9. The van der Waals surface area contributed by atoms with Gasteiger partial charge in [-0.05, 0) is 47.5 Å². The Morgan fingerprint density at radius 1 is 0.528 bits per heavy atom. The Balaban J connectivity index is 1.14. The van der Waals surface area contributed by atoms with Gasteiger partial charge in [0.15, 0.2) is 12.4 Å². The number of hydrogen-bond acceptors (Lipinski definition) is 8. The van der Waals surface area contributed by atoms with E-state index in [9.17, 15) is 19.2 Å². The first-order chi connectivity index (χ1) is 25.9. The zero-order valence-electron chi connectivity index (χ0n) is 28.7. The quantitative estimate of drug-likeness (QED) is 0.104. The Labute approximate surface area is 306 Å². The number of rotatable bonds is 15. The summed E-state index contributed by atoms with van der Waals surface area (Å²) in [5, 5.41) is 5.88. The van der Waals surface area contributed by atoms with Crippen LogP contribution in [0.15, 0.2) is 156 Å². The molecule has 0 spiro atoms. The third-order valence-corrected chi connectivity index (χ3v) is 8.36. The number of aromatic nitrogens is 1. The maximum atomic E-state index is 13.3. The highest BCUT2D eigenvalue weighted by Gasteiger charge is 2.24. The molecule has 6 rings (SSSR count). The van der Waals surface area contributed by atoms with Gasteiger partial charge in [0, 0.05) is 16.7 Å². The van der Waals surface area contributed by atoms with Crippen LogP contribution in [0, 0.1) is 0 Å². The maximum absolute atomic E-state index is 13.3. The molecule has 2 atom stereocenters. The van der Waals surface area contributed by atoms with Crippen molar-refractivity contribution in [2.24, 2.45) is 0 Å². The Hall–Kier alpha value is -6.81. The lowest BCUT2D eigenvalue weighted by atomic mass is 10.0. The zero-order chi connectivity index (χ0) is 36.8.